The van der Waals surface area contributed by atoms with Crippen LogP contribution < -0.4 is 4.74 Å². The lowest BCUT2D eigenvalue weighted by atomic mass is 10.1. The molecule has 0 atom stereocenters. The number of fused-ring (bicyclic) bond motifs is 1. The summed E-state index contributed by atoms with van der Waals surface area (Å²) in [6.07, 6.45) is 1.73. The maximum Gasteiger partial charge on any atom is 0.236 e. The number of hydrogen-bond donors (Lipinski definition) is 1. The summed E-state index contributed by atoms with van der Waals surface area (Å²) in [6, 6.07) is 9.89. The SMILES string of the molecule is COc1ccc(-c2n[nH]c3cc(-c4ncc(C)o4)sc23)cc1. The average Bonchev–Trinajstić information content (AvgIpc) is 3.22. The minimum absolute atomic E-state index is 0.646. The molecule has 6 heteroatoms. The Hall–Kier alpha value is -2.60. The standard InChI is InChI=1S/C16H13N3O2S/c1-9-8-17-16(21-9)13-7-12-15(22-13)14(19-18-12)10-3-5-11(20-2)6-4-10/h3-8H,1-2H3,(H,18,19). The first-order valence-electron chi connectivity index (χ1n) is 6.80. The van der Waals surface area contributed by atoms with Crippen LogP contribution in [0.25, 0.3) is 32.2 Å². The number of ether oxygens (including phenoxy) is 1. The molecule has 0 amide bonds. The first-order valence-corrected chi connectivity index (χ1v) is 7.61. The number of oxazole rings is 1. The van der Waals surface area contributed by atoms with Gasteiger partial charge in [0.05, 0.1) is 28.4 Å². The Bertz CT molecular complexity index is 934. The normalized spacial score (nSPS) is 11.2. The number of hydrogen-bond acceptors (Lipinski definition) is 5. The molecule has 4 aromatic rings. The van der Waals surface area contributed by atoms with Gasteiger partial charge in [0.2, 0.25) is 5.89 Å². The smallest absolute Gasteiger partial charge is 0.236 e. The second-order valence-electron chi connectivity index (χ2n) is 4.93. The number of aromatic amines is 1. The van der Waals surface area contributed by atoms with E-state index in [1.807, 2.05) is 37.3 Å². The van der Waals surface area contributed by atoms with Gasteiger partial charge < -0.3 is 9.15 Å². The van der Waals surface area contributed by atoms with E-state index in [9.17, 15) is 0 Å². The van der Waals surface area contributed by atoms with Crippen LogP contribution in [0.5, 0.6) is 5.75 Å². The molecule has 0 radical (unpaired) electrons. The minimum atomic E-state index is 0.646. The van der Waals surface area contributed by atoms with E-state index in [0.717, 1.165) is 37.9 Å². The molecule has 0 spiro atoms. The van der Waals surface area contributed by atoms with Crippen molar-refractivity contribution in [1.82, 2.24) is 15.2 Å². The maximum absolute atomic E-state index is 5.59. The second-order valence-corrected chi connectivity index (χ2v) is 5.98. The van der Waals surface area contributed by atoms with Crippen molar-refractivity contribution in [1.29, 1.82) is 0 Å². The van der Waals surface area contributed by atoms with E-state index in [-0.39, 0.29) is 0 Å². The number of aromatic nitrogens is 3. The molecule has 0 saturated carbocycles. The van der Waals surface area contributed by atoms with Crippen molar-refractivity contribution in [3.05, 3.63) is 42.3 Å². The van der Waals surface area contributed by atoms with Gasteiger partial charge in [0.1, 0.15) is 17.2 Å². The molecular formula is C16H13N3O2S. The van der Waals surface area contributed by atoms with Crippen molar-refractivity contribution in [2.24, 2.45) is 0 Å². The zero-order chi connectivity index (χ0) is 15.1. The van der Waals surface area contributed by atoms with Crippen LogP contribution in [-0.4, -0.2) is 22.3 Å². The van der Waals surface area contributed by atoms with Crippen molar-refractivity contribution in [2.45, 2.75) is 6.92 Å². The number of nitrogens with zero attached hydrogens (tertiary/aromatic N) is 2. The van der Waals surface area contributed by atoms with Gasteiger partial charge in [0.25, 0.3) is 0 Å². The van der Waals surface area contributed by atoms with Gasteiger partial charge in [-0.25, -0.2) is 4.98 Å². The summed E-state index contributed by atoms with van der Waals surface area (Å²) >= 11 is 1.62. The van der Waals surface area contributed by atoms with Crippen molar-refractivity contribution >= 4 is 21.6 Å². The molecule has 3 heterocycles. The van der Waals surface area contributed by atoms with E-state index in [4.69, 9.17) is 9.15 Å². The summed E-state index contributed by atoms with van der Waals surface area (Å²) < 4.78 is 11.9. The summed E-state index contributed by atoms with van der Waals surface area (Å²) in [7, 11) is 1.66. The molecule has 0 bridgehead atoms. The van der Waals surface area contributed by atoms with Crippen LogP contribution in [-0.2, 0) is 0 Å². The van der Waals surface area contributed by atoms with Crippen molar-refractivity contribution in [3.8, 4) is 27.8 Å². The van der Waals surface area contributed by atoms with E-state index < -0.39 is 0 Å². The van der Waals surface area contributed by atoms with Crippen LogP contribution in [0.15, 0.2) is 40.9 Å². The molecule has 22 heavy (non-hydrogen) atoms. The fourth-order valence-corrected chi connectivity index (χ4v) is 3.39. The zero-order valence-electron chi connectivity index (χ0n) is 12.1. The Morgan fingerprint density at radius 3 is 2.73 bits per heavy atom. The summed E-state index contributed by atoms with van der Waals surface area (Å²) in [4.78, 5) is 5.27. The molecule has 3 aromatic heterocycles. The molecule has 1 N–H and O–H groups in total. The highest BCUT2D eigenvalue weighted by Gasteiger charge is 2.15. The number of methoxy groups -OCH3 is 1. The van der Waals surface area contributed by atoms with Crippen LogP contribution in [0.4, 0.5) is 0 Å². The molecular weight excluding hydrogens is 298 g/mol. The molecule has 0 unspecified atom stereocenters. The summed E-state index contributed by atoms with van der Waals surface area (Å²) in [5.41, 5.74) is 2.96. The van der Waals surface area contributed by atoms with Crippen LogP contribution in [0.2, 0.25) is 0 Å². The predicted octanol–water partition coefficient (Wildman–Crippen LogP) is 4.26. The Kier molecular flexibility index (Phi) is 2.97. The summed E-state index contributed by atoms with van der Waals surface area (Å²) in [6.45, 7) is 1.89. The van der Waals surface area contributed by atoms with E-state index in [1.54, 1.807) is 24.6 Å². The number of H-pyrrole nitrogens is 1. The Labute approximate surface area is 130 Å². The lowest BCUT2D eigenvalue weighted by molar-refractivity contribution is 0.415. The summed E-state index contributed by atoms with van der Waals surface area (Å²) in [5, 5.41) is 7.49. The summed E-state index contributed by atoms with van der Waals surface area (Å²) in [5.74, 6) is 2.28. The van der Waals surface area contributed by atoms with Gasteiger partial charge >= 0.3 is 0 Å². The van der Waals surface area contributed by atoms with Gasteiger partial charge in [-0.3, -0.25) is 5.10 Å². The number of benzene rings is 1. The van der Waals surface area contributed by atoms with Gasteiger partial charge in [0, 0.05) is 5.56 Å². The minimum Gasteiger partial charge on any atom is -0.497 e. The van der Waals surface area contributed by atoms with Crippen molar-refractivity contribution < 1.29 is 9.15 Å². The first kappa shape index (κ1) is 13.1. The lowest BCUT2D eigenvalue weighted by Gasteiger charge is -2.00. The number of thiophene rings is 1. The highest BCUT2D eigenvalue weighted by atomic mass is 32.1. The topological polar surface area (TPSA) is 63.9 Å². The molecule has 1 aromatic carbocycles. The van der Waals surface area contributed by atoms with Gasteiger partial charge in [-0.1, -0.05) is 0 Å². The van der Waals surface area contributed by atoms with Crippen molar-refractivity contribution in [2.75, 3.05) is 7.11 Å². The van der Waals surface area contributed by atoms with Gasteiger partial charge in [-0.05, 0) is 37.3 Å². The third-order valence-electron chi connectivity index (χ3n) is 3.43. The molecule has 0 saturated heterocycles. The fourth-order valence-electron chi connectivity index (χ4n) is 2.34. The molecule has 5 nitrogen and oxygen atoms in total. The average molecular weight is 311 g/mol. The third kappa shape index (κ3) is 2.08. The van der Waals surface area contributed by atoms with E-state index in [2.05, 4.69) is 15.2 Å². The van der Waals surface area contributed by atoms with E-state index >= 15 is 0 Å². The van der Waals surface area contributed by atoms with E-state index in [1.165, 1.54) is 0 Å². The van der Waals surface area contributed by atoms with Crippen LogP contribution >= 0.6 is 11.3 Å². The van der Waals surface area contributed by atoms with Crippen LogP contribution in [0.3, 0.4) is 0 Å². The van der Waals surface area contributed by atoms with Gasteiger partial charge in [-0.15, -0.1) is 11.3 Å². The largest absolute Gasteiger partial charge is 0.497 e. The highest BCUT2D eigenvalue weighted by molar-refractivity contribution is 7.22. The fraction of sp³-hybridized carbons (Fsp3) is 0.125. The van der Waals surface area contributed by atoms with E-state index in [0.29, 0.717) is 5.89 Å². The third-order valence-corrected chi connectivity index (χ3v) is 4.56. The maximum atomic E-state index is 5.59. The first-order chi connectivity index (χ1) is 10.7. The Balaban J connectivity index is 1.79. The van der Waals surface area contributed by atoms with Gasteiger partial charge in [-0.2, -0.15) is 5.10 Å². The predicted molar refractivity (Wildman–Crippen MR) is 86.2 cm³/mol. The Morgan fingerprint density at radius 2 is 2.05 bits per heavy atom. The molecule has 0 fully saturated rings. The molecule has 0 aliphatic carbocycles. The van der Waals surface area contributed by atoms with Crippen LogP contribution in [0.1, 0.15) is 5.76 Å². The lowest BCUT2D eigenvalue weighted by Crippen LogP contribution is -1.83. The number of nitrogens with one attached hydrogen (secondary N) is 1. The molecule has 4 rings (SSSR count). The molecule has 0 aliphatic rings. The van der Waals surface area contributed by atoms with Crippen molar-refractivity contribution in [3.63, 3.8) is 0 Å². The quantitative estimate of drug-likeness (QED) is 0.614. The Morgan fingerprint density at radius 1 is 1.23 bits per heavy atom. The second kappa shape index (κ2) is 4.99. The highest BCUT2D eigenvalue weighted by Crippen LogP contribution is 2.37. The van der Waals surface area contributed by atoms with Crippen LogP contribution in [0, 0.1) is 6.92 Å². The zero-order valence-corrected chi connectivity index (χ0v) is 12.9. The molecule has 0 aliphatic heterocycles. The monoisotopic (exact) mass is 311 g/mol. The number of aryl methyl sites for hydroxylation is 1. The molecule has 110 valence electrons. The number of rotatable bonds is 3. The van der Waals surface area contributed by atoms with Gasteiger partial charge in [0.15, 0.2) is 0 Å².